The Morgan fingerprint density at radius 3 is 3.04 bits per heavy atom. The van der Waals surface area contributed by atoms with Gasteiger partial charge in [0.15, 0.2) is 11.5 Å². The Labute approximate surface area is 152 Å². The molecule has 3 heterocycles. The fraction of sp³-hybridized carbons (Fsp3) is 0.526. The molecule has 2 aliphatic heterocycles. The van der Waals surface area contributed by atoms with Crippen molar-refractivity contribution in [3.8, 4) is 22.1 Å². The zero-order chi connectivity index (χ0) is 16.6. The highest BCUT2D eigenvalue weighted by atomic mass is 32.1. The number of benzene rings is 1. The molecule has 0 spiro atoms. The zero-order valence-corrected chi connectivity index (χ0v) is 15.1. The van der Waals surface area contributed by atoms with Crippen molar-refractivity contribution in [2.45, 2.75) is 31.8 Å². The molecule has 1 atom stereocenters. The van der Waals surface area contributed by atoms with Crippen molar-refractivity contribution in [1.29, 1.82) is 0 Å². The van der Waals surface area contributed by atoms with Crippen molar-refractivity contribution in [3.05, 3.63) is 29.3 Å². The fourth-order valence-corrected chi connectivity index (χ4v) is 4.57. The van der Waals surface area contributed by atoms with E-state index in [1.54, 1.807) is 11.3 Å². The van der Waals surface area contributed by atoms with Crippen LogP contribution in [0.4, 0.5) is 0 Å². The molecular weight excluding hydrogens is 334 g/mol. The maximum atomic E-state index is 5.46. The molecule has 2 aromatic rings. The van der Waals surface area contributed by atoms with E-state index in [-0.39, 0.29) is 0 Å². The molecule has 5 nitrogen and oxygen atoms in total. The maximum Gasteiger partial charge on any atom is 0.231 e. The largest absolute Gasteiger partial charge is 0.454 e. The summed E-state index contributed by atoms with van der Waals surface area (Å²) in [7, 11) is 0. The molecule has 5 rings (SSSR count). The molecule has 1 saturated heterocycles. The summed E-state index contributed by atoms with van der Waals surface area (Å²) in [6, 6.07) is 6.94. The molecular formula is C19H23N3O2S. The van der Waals surface area contributed by atoms with Gasteiger partial charge in [-0.25, -0.2) is 4.98 Å². The molecule has 0 radical (unpaired) electrons. The predicted octanol–water partition coefficient (Wildman–Crippen LogP) is 3.11. The standard InChI is InChI=1S/C19H23N3O2S/c1-4-17-18(24-12-23-17)7-14(1)19-21-15(11-25-19)9-20-8-13-5-6-22(10-13)16-2-3-16/h1,4,7,11,13,16,20H,2-3,5-6,8-10,12H2. The van der Waals surface area contributed by atoms with Crippen molar-refractivity contribution in [2.24, 2.45) is 5.92 Å². The summed E-state index contributed by atoms with van der Waals surface area (Å²) in [5, 5.41) is 6.79. The van der Waals surface area contributed by atoms with E-state index in [9.17, 15) is 0 Å². The number of fused-ring (bicyclic) bond motifs is 1. The van der Waals surface area contributed by atoms with Gasteiger partial charge >= 0.3 is 0 Å². The number of hydrogen-bond donors (Lipinski definition) is 1. The first-order valence-electron chi connectivity index (χ1n) is 9.14. The highest BCUT2D eigenvalue weighted by molar-refractivity contribution is 7.13. The third-order valence-corrected chi connectivity index (χ3v) is 6.23. The van der Waals surface area contributed by atoms with Gasteiger partial charge in [0.1, 0.15) is 5.01 Å². The van der Waals surface area contributed by atoms with Crippen molar-refractivity contribution in [2.75, 3.05) is 26.4 Å². The number of rotatable bonds is 6. The lowest BCUT2D eigenvalue weighted by molar-refractivity contribution is 0.174. The zero-order valence-electron chi connectivity index (χ0n) is 14.2. The topological polar surface area (TPSA) is 46.6 Å². The molecule has 1 aromatic carbocycles. The average Bonchev–Trinajstić information content (AvgIpc) is 3.05. The predicted molar refractivity (Wildman–Crippen MR) is 98.1 cm³/mol. The molecule has 3 aliphatic rings. The molecule has 25 heavy (non-hydrogen) atoms. The minimum absolute atomic E-state index is 0.311. The Kier molecular flexibility index (Phi) is 4.12. The lowest BCUT2D eigenvalue weighted by Crippen LogP contribution is -2.27. The van der Waals surface area contributed by atoms with Crippen LogP contribution in [0, 0.1) is 5.92 Å². The van der Waals surface area contributed by atoms with E-state index in [0.717, 1.165) is 52.8 Å². The third-order valence-electron chi connectivity index (χ3n) is 5.29. The monoisotopic (exact) mass is 357 g/mol. The molecule has 1 aromatic heterocycles. The molecule has 1 unspecified atom stereocenters. The average molecular weight is 357 g/mol. The third kappa shape index (κ3) is 3.38. The van der Waals surface area contributed by atoms with Crippen LogP contribution >= 0.6 is 11.3 Å². The van der Waals surface area contributed by atoms with E-state index in [1.807, 2.05) is 12.1 Å². The van der Waals surface area contributed by atoms with Crippen molar-refractivity contribution >= 4 is 11.3 Å². The minimum Gasteiger partial charge on any atom is -0.454 e. The molecule has 1 N–H and O–H groups in total. The lowest BCUT2D eigenvalue weighted by Gasteiger charge is -2.14. The fourth-order valence-electron chi connectivity index (χ4n) is 3.76. The van der Waals surface area contributed by atoms with Gasteiger partial charge in [-0.1, -0.05) is 0 Å². The Bertz CT molecular complexity index is 759. The number of thiazole rings is 1. The van der Waals surface area contributed by atoms with E-state index in [0.29, 0.717) is 6.79 Å². The van der Waals surface area contributed by atoms with Crippen LogP contribution in [0.2, 0.25) is 0 Å². The van der Waals surface area contributed by atoms with E-state index >= 15 is 0 Å². The van der Waals surface area contributed by atoms with Gasteiger partial charge in [0.2, 0.25) is 6.79 Å². The summed E-state index contributed by atoms with van der Waals surface area (Å²) < 4.78 is 10.8. The molecule has 2 fully saturated rings. The quantitative estimate of drug-likeness (QED) is 0.861. The number of ether oxygens (including phenoxy) is 2. The Hall–Kier alpha value is -1.63. The molecule has 6 heteroatoms. The summed E-state index contributed by atoms with van der Waals surface area (Å²) in [5.41, 5.74) is 2.21. The summed E-state index contributed by atoms with van der Waals surface area (Å²) >= 11 is 1.69. The normalized spacial score (nSPS) is 22.6. The van der Waals surface area contributed by atoms with Crippen LogP contribution in [0.25, 0.3) is 10.6 Å². The van der Waals surface area contributed by atoms with Gasteiger partial charge in [-0.15, -0.1) is 11.3 Å². The van der Waals surface area contributed by atoms with Gasteiger partial charge in [0.05, 0.1) is 5.69 Å². The van der Waals surface area contributed by atoms with Gasteiger partial charge in [-0.05, 0) is 56.5 Å². The smallest absolute Gasteiger partial charge is 0.231 e. The Morgan fingerprint density at radius 1 is 1.20 bits per heavy atom. The number of hydrogen-bond acceptors (Lipinski definition) is 6. The highest BCUT2D eigenvalue weighted by Crippen LogP contribution is 2.36. The van der Waals surface area contributed by atoms with Gasteiger partial charge in [-0.2, -0.15) is 0 Å². The van der Waals surface area contributed by atoms with Crippen molar-refractivity contribution < 1.29 is 9.47 Å². The van der Waals surface area contributed by atoms with Gasteiger partial charge in [-0.3, -0.25) is 0 Å². The van der Waals surface area contributed by atoms with Crippen LogP contribution in [-0.4, -0.2) is 42.4 Å². The number of aromatic nitrogens is 1. The summed E-state index contributed by atoms with van der Waals surface area (Å²) in [5.74, 6) is 2.43. The highest BCUT2D eigenvalue weighted by Gasteiger charge is 2.34. The van der Waals surface area contributed by atoms with E-state index < -0.39 is 0 Å². The number of nitrogens with one attached hydrogen (secondary N) is 1. The van der Waals surface area contributed by atoms with Crippen LogP contribution in [-0.2, 0) is 6.54 Å². The second-order valence-electron chi connectivity index (χ2n) is 7.22. The van der Waals surface area contributed by atoms with Crippen LogP contribution in [0.5, 0.6) is 11.5 Å². The van der Waals surface area contributed by atoms with E-state index in [4.69, 9.17) is 14.5 Å². The summed E-state index contributed by atoms with van der Waals surface area (Å²) in [6.07, 6.45) is 4.17. The number of likely N-dealkylation sites (tertiary alicyclic amines) is 1. The van der Waals surface area contributed by atoms with Gasteiger partial charge in [0.25, 0.3) is 0 Å². The molecule has 1 saturated carbocycles. The van der Waals surface area contributed by atoms with Crippen LogP contribution in [0.1, 0.15) is 25.0 Å². The van der Waals surface area contributed by atoms with Crippen molar-refractivity contribution in [3.63, 3.8) is 0 Å². The van der Waals surface area contributed by atoms with Gasteiger partial charge < -0.3 is 19.7 Å². The van der Waals surface area contributed by atoms with E-state index in [1.165, 1.54) is 32.4 Å². The minimum atomic E-state index is 0.311. The first kappa shape index (κ1) is 15.6. The maximum absolute atomic E-state index is 5.46. The first-order valence-corrected chi connectivity index (χ1v) is 10.0. The van der Waals surface area contributed by atoms with Crippen LogP contribution < -0.4 is 14.8 Å². The van der Waals surface area contributed by atoms with Gasteiger partial charge in [0, 0.05) is 30.1 Å². The Balaban J connectivity index is 1.15. The van der Waals surface area contributed by atoms with E-state index in [2.05, 4.69) is 21.7 Å². The molecule has 0 amide bonds. The second-order valence-corrected chi connectivity index (χ2v) is 8.08. The second kappa shape index (κ2) is 6.59. The molecule has 132 valence electrons. The summed E-state index contributed by atoms with van der Waals surface area (Å²) in [6.45, 7) is 4.82. The van der Waals surface area contributed by atoms with Crippen molar-refractivity contribution in [1.82, 2.24) is 15.2 Å². The molecule has 0 bridgehead atoms. The first-order chi connectivity index (χ1) is 12.3. The Morgan fingerprint density at radius 2 is 2.12 bits per heavy atom. The number of nitrogens with zero attached hydrogens (tertiary/aromatic N) is 2. The van der Waals surface area contributed by atoms with Crippen LogP contribution in [0.15, 0.2) is 23.6 Å². The summed E-state index contributed by atoms with van der Waals surface area (Å²) in [4.78, 5) is 7.45. The molecule has 1 aliphatic carbocycles. The van der Waals surface area contributed by atoms with Crippen LogP contribution in [0.3, 0.4) is 0 Å². The SMILES string of the molecule is c1cc2c(cc1-c1nc(CNCC3CCN(C4CC4)C3)cs1)OCO2. The lowest BCUT2D eigenvalue weighted by atomic mass is 10.1.